The van der Waals surface area contributed by atoms with Crippen LogP contribution in [0.3, 0.4) is 0 Å². The zero-order valence-electron chi connectivity index (χ0n) is 8.62. The first-order valence-electron chi connectivity index (χ1n) is 4.79. The largest absolute Gasteiger partial charge is 0.330 e. The minimum Gasteiger partial charge on any atom is -0.330 e. The van der Waals surface area contributed by atoms with E-state index >= 15 is 0 Å². The van der Waals surface area contributed by atoms with Crippen molar-refractivity contribution in [2.45, 2.75) is 12.2 Å². The van der Waals surface area contributed by atoms with Crippen LogP contribution in [-0.4, -0.2) is 20.7 Å². The van der Waals surface area contributed by atoms with Crippen molar-refractivity contribution in [1.29, 1.82) is 0 Å². The quantitative estimate of drug-likeness (QED) is 0.882. The maximum atomic E-state index is 13.1. The van der Waals surface area contributed by atoms with E-state index < -0.39 is 15.7 Å². The maximum absolute atomic E-state index is 13.1. The first kappa shape index (κ1) is 13.4. The molecule has 1 aromatic carbocycles. The van der Waals surface area contributed by atoms with E-state index in [1.165, 1.54) is 12.1 Å². The van der Waals surface area contributed by atoms with Crippen molar-refractivity contribution in [2.24, 2.45) is 5.73 Å². The number of hydrogen-bond donors (Lipinski definition) is 1. The Hall–Kier alpha value is -0.650. The van der Waals surface area contributed by atoms with E-state index in [2.05, 4.69) is 0 Å². The van der Waals surface area contributed by atoms with Crippen LogP contribution >= 0.6 is 11.6 Å². The Morgan fingerprint density at radius 2 is 2.06 bits per heavy atom. The Bertz CT molecular complexity index is 462. The van der Waals surface area contributed by atoms with Crippen LogP contribution in [-0.2, 0) is 15.6 Å². The minimum atomic E-state index is -3.22. The van der Waals surface area contributed by atoms with Gasteiger partial charge in [-0.2, -0.15) is 0 Å². The number of benzene rings is 1. The van der Waals surface area contributed by atoms with Crippen LogP contribution in [0.15, 0.2) is 18.2 Å². The molecule has 0 aromatic heterocycles. The average Bonchev–Trinajstić information content (AvgIpc) is 2.20. The molecule has 0 bridgehead atoms. The van der Waals surface area contributed by atoms with Gasteiger partial charge in [-0.1, -0.05) is 17.7 Å². The van der Waals surface area contributed by atoms with E-state index in [9.17, 15) is 12.8 Å². The molecule has 6 heteroatoms. The highest BCUT2D eigenvalue weighted by molar-refractivity contribution is 7.90. The van der Waals surface area contributed by atoms with Gasteiger partial charge in [0, 0.05) is 0 Å². The third-order valence-electron chi connectivity index (χ3n) is 2.03. The summed E-state index contributed by atoms with van der Waals surface area (Å²) >= 11 is 5.49. The molecule has 3 nitrogen and oxygen atoms in total. The molecule has 16 heavy (non-hydrogen) atoms. The number of halogens is 2. The Kier molecular flexibility index (Phi) is 4.70. The number of sulfone groups is 1. The molecule has 0 heterocycles. The standard InChI is InChI=1S/C10H13ClFNO2S/c11-9-3-2-8(6-10(9)12)7-16(14,15)5-1-4-13/h2-3,6H,1,4-5,7,13H2. The normalized spacial score (nSPS) is 11.7. The summed E-state index contributed by atoms with van der Waals surface area (Å²) in [6.07, 6.45) is 0.415. The van der Waals surface area contributed by atoms with Gasteiger partial charge < -0.3 is 5.73 Å². The minimum absolute atomic E-state index is 0.0110. The maximum Gasteiger partial charge on any atom is 0.154 e. The van der Waals surface area contributed by atoms with Gasteiger partial charge in [-0.05, 0) is 30.7 Å². The lowest BCUT2D eigenvalue weighted by atomic mass is 10.2. The van der Waals surface area contributed by atoms with Gasteiger partial charge in [0.2, 0.25) is 0 Å². The summed E-state index contributed by atoms with van der Waals surface area (Å²) in [7, 11) is -3.22. The zero-order valence-corrected chi connectivity index (χ0v) is 10.2. The molecule has 0 unspecified atom stereocenters. The van der Waals surface area contributed by atoms with E-state index in [1.54, 1.807) is 0 Å². The molecule has 1 aromatic rings. The van der Waals surface area contributed by atoms with E-state index in [1.807, 2.05) is 0 Å². The van der Waals surface area contributed by atoms with Crippen LogP contribution in [0.5, 0.6) is 0 Å². The lowest BCUT2D eigenvalue weighted by Gasteiger charge is -2.04. The second-order valence-electron chi connectivity index (χ2n) is 3.48. The summed E-state index contributed by atoms with van der Waals surface area (Å²) < 4.78 is 36.1. The molecule has 0 aliphatic rings. The first-order chi connectivity index (χ1) is 7.44. The molecule has 0 spiro atoms. The topological polar surface area (TPSA) is 60.2 Å². The van der Waals surface area contributed by atoms with E-state index in [0.717, 1.165) is 6.07 Å². The van der Waals surface area contributed by atoms with Gasteiger partial charge in [0.15, 0.2) is 9.84 Å². The Labute approximate surface area is 99.3 Å². The summed E-state index contributed by atoms with van der Waals surface area (Å²) in [5, 5.41) is -0.0110. The zero-order chi connectivity index (χ0) is 12.2. The summed E-state index contributed by atoms with van der Waals surface area (Å²) in [6, 6.07) is 4.00. The highest BCUT2D eigenvalue weighted by atomic mass is 35.5. The fourth-order valence-electron chi connectivity index (χ4n) is 1.26. The van der Waals surface area contributed by atoms with Crippen molar-refractivity contribution in [3.8, 4) is 0 Å². The van der Waals surface area contributed by atoms with Gasteiger partial charge in [-0.3, -0.25) is 0 Å². The average molecular weight is 266 g/mol. The van der Waals surface area contributed by atoms with Gasteiger partial charge in [0.1, 0.15) is 5.82 Å². The van der Waals surface area contributed by atoms with Gasteiger partial charge in [-0.25, -0.2) is 12.8 Å². The van der Waals surface area contributed by atoms with E-state index in [4.69, 9.17) is 17.3 Å². The molecule has 0 aliphatic heterocycles. The van der Waals surface area contributed by atoms with Crippen LogP contribution in [0.25, 0.3) is 0 Å². The fraction of sp³-hybridized carbons (Fsp3) is 0.400. The molecule has 0 aliphatic carbocycles. The molecule has 0 atom stereocenters. The molecule has 2 N–H and O–H groups in total. The molecule has 0 amide bonds. The predicted molar refractivity (Wildman–Crippen MR) is 62.6 cm³/mol. The Morgan fingerprint density at radius 3 is 2.62 bits per heavy atom. The third-order valence-corrected chi connectivity index (χ3v) is 4.02. The van der Waals surface area contributed by atoms with Crippen LogP contribution in [0, 0.1) is 5.82 Å². The molecule has 90 valence electrons. The van der Waals surface area contributed by atoms with Crippen LogP contribution in [0.1, 0.15) is 12.0 Å². The van der Waals surface area contributed by atoms with Gasteiger partial charge >= 0.3 is 0 Å². The highest BCUT2D eigenvalue weighted by Crippen LogP contribution is 2.17. The number of hydrogen-bond acceptors (Lipinski definition) is 3. The van der Waals surface area contributed by atoms with Gasteiger partial charge in [-0.15, -0.1) is 0 Å². The molecular weight excluding hydrogens is 253 g/mol. The first-order valence-corrected chi connectivity index (χ1v) is 6.99. The van der Waals surface area contributed by atoms with Crippen LogP contribution < -0.4 is 5.73 Å². The second-order valence-corrected chi connectivity index (χ2v) is 6.07. The molecular formula is C10H13ClFNO2S. The lowest BCUT2D eigenvalue weighted by molar-refractivity contribution is 0.592. The SMILES string of the molecule is NCCCS(=O)(=O)Cc1ccc(Cl)c(F)c1. The fourth-order valence-corrected chi connectivity index (χ4v) is 2.81. The summed E-state index contributed by atoms with van der Waals surface area (Å²) in [5.74, 6) is -0.761. The second kappa shape index (κ2) is 5.61. The summed E-state index contributed by atoms with van der Waals surface area (Å²) in [4.78, 5) is 0. The number of rotatable bonds is 5. The Morgan fingerprint density at radius 1 is 1.38 bits per heavy atom. The molecule has 0 saturated heterocycles. The van der Waals surface area contributed by atoms with Crippen molar-refractivity contribution < 1.29 is 12.8 Å². The summed E-state index contributed by atoms with van der Waals surface area (Å²) in [6.45, 7) is 0.328. The van der Waals surface area contributed by atoms with Crippen molar-refractivity contribution in [3.05, 3.63) is 34.6 Å². The van der Waals surface area contributed by atoms with E-state index in [-0.39, 0.29) is 16.5 Å². The molecule has 0 fully saturated rings. The highest BCUT2D eigenvalue weighted by Gasteiger charge is 2.12. The molecule has 0 radical (unpaired) electrons. The van der Waals surface area contributed by atoms with E-state index in [0.29, 0.717) is 18.5 Å². The molecule has 1 rings (SSSR count). The Balaban J connectivity index is 2.76. The lowest BCUT2D eigenvalue weighted by Crippen LogP contribution is -2.13. The molecule has 0 saturated carbocycles. The smallest absolute Gasteiger partial charge is 0.154 e. The third kappa shape index (κ3) is 4.08. The summed E-state index contributed by atoms with van der Waals surface area (Å²) in [5.41, 5.74) is 5.63. The van der Waals surface area contributed by atoms with Crippen molar-refractivity contribution in [2.75, 3.05) is 12.3 Å². The van der Waals surface area contributed by atoms with Crippen LogP contribution in [0.2, 0.25) is 5.02 Å². The van der Waals surface area contributed by atoms with Crippen LogP contribution in [0.4, 0.5) is 4.39 Å². The van der Waals surface area contributed by atoms with Crippen molar-refractivity contribution in [3.63, 3.8) is 0 Å². The number of nitrogens with two attached hydrogens (primary N) is 1. The van der Waals surface area contributed by atoms with Gasteiger partial charge in [0.05, 0.1) is 16.5 Å². The van der Waals surface area contributed by atoms with Gasteiger partial charge in [0.25, 0.3) is 0 Å². The monoisotopic (exact) mass is 265 g/mol. The van der Waals surface area contributed by atoms with Crippen molar-refractivity contribution in [1.82, 2.24) is 0 Å². The van der Waals surface area contributed by atoms with Crippen molar-refractivity contribution >= 4 is 21.4 Å². The predicted octanol–water partition coefficient (Wildman–Crippen LogP) is 1.74.